The monoisotopic (exact) mass is 259 g/mol. The molecule has 104 valence electrons. The summed E-state index contributed by atoms with van der Waals surface area (Å²) in [6.07, 6.45) is 6.25. The molecule has 1 fully saturated rings. The molecule has 0 aromatic heterocycles. The smallest absolute Gasteiger partial charge is 0.176 e. The number of carbonyl (C=O) groups is 1. The molecule has 1 saturated heterocycles. The maximum Gasteiger partial charge on any atom is 0.176 e. The first-order chi connectivity index (χ1) is 9.20. The van der Waals surface area contributed by atoms with Crippen LogP contribution in [0.25, 0.3) is 0 Å². The molecular weight excluding hydrogens is 234 g/mol. The quantitative estimate of drug-likeness (QED) is 0.749. The Bertz CT molecular complexity index is 425. The molecule has 0 radical (unpaired) electrons. The summed E-state index contributed by atoms with van der Waals surface area (Å²) in [4.78, 5) is 14.8. The highest BCUT2D eigenvalue weighted by Crippen LogP contribution is 2.21. The molecule has 1 aromatic rings. The van der Waals surface area contributed by atoms with Crippen LogP contribution in [0.3, 0.4) is 0 Å². The summed E-state index contributed by atoms with van der Waals surface area (Å²) >= 11 is 0. The Balaban J connectivity index is 2.00. The van der Waals surface area contributed by atoms with Gasteiger partial charge in [0.15, 0.2) is 5.78 Å². The first-order valence-corrected chi connectivity index (χ1v) is 7.54. The lowest BCUT2D eigenvalue weighted by Crippen LogP contribution is -2.42. The van der Waals surface area contributed by atoms with Crippen molar-refractivity contribution in [1.29, 1.82) is 0 Å². The Morgan fingerprint density at radius 2 is 2.21 bits per heavy atom. The average Bonchev–Trinajstić information content (AvgIpc) is 2.41. The summed E-state index contributed by atoms with van der Waals surface area (Å²) in [7, 11) is 0. The van der Waals surface area contributed by atoms with Crippen LogP contribution in [-0.4, -0.2) is 29.8 Å². The lowest BCUT2D eigenvalue weighted by Gasteiger charge is -2.35. The molecule has 1 unspecified atom stereocenters. The van der Waals surface area contributed by atoms with Gasteiger partial charge in [0.05, 0.1) is 6.54 Å². The number of hydrogen-bond donors (Lipinski definition) is 0. The molecule has 0 bridgehead atoms. The zero-order valence-electron chi connectivity index (χ0n) is 12.2. The van der Waals surface area contributed by atoms with Gasteiger partial charge in [-0.2, -0.15) is 0 Å². The van der Waals surface area contributed by atoms with E-state index in [1.54, 1.807) is 0 Å². The van der Waals surface area contributed by atoms with Crippen LogP contribution in [-0.2, 0) is 0 Å². The van der Waals surface area contributed by atoms with Crippen molar-refractivity contribution in [2.45, 2.75) is 52.0 Å². The first kappa shape index (κ1) is 14.3. The van der Waals surface area contributed by atoms with Gasteiger partial charge in [0, 0.05) is 11.6 Å². The van der Waals surface area contributed by atoms with Crippen molar-refractivity contribution in [3.05, 3.63) is 35.4 Å². The molecule has 0 N–H and O–H groups in total. The third-order valence-electron chi connectivity index (χ3n) is 4.06. The van der Waals surface area contributed by atoms with E-state index < -0.39 is 0 Å². The fourth-order valence-electron chi connectivity index (χ4n) is 3.02. The van der Waals surface area contributed by atoms with Crippen LogP contribution in [0.2, 0.25) is 0 Å². The Morgan fingerprint density at radius 3 is 2.95 bits per heavy atom. The van der Waals surface area contributed by atoms with Gasteiger partial charge in [0.1, 0.15) is 0 Å². The fourth-order valence-corrected chi connectivity index (χ4v) is 3.02. The minimum atomic E-state index is 0.270. The van der Waals surface area contributed by atoms with E-state index in [0.717, 1.165) is 17.7 Å². The van der Waals surface area contributed by atoms with Crippen LogP contribution < -0.4 is 0 Å². The van der Waals surface area contributed by atoms with Gasteiger partial charge in [0.25, 0.3) is 0 Å². The number of Topliss-reactive ketones (excluding diaryl/α,β-unsaturated/α-hetero) is 1. The van der Waals surface area contributed by atoms with Crippen molar-refractivity contribution in [3.8, 4) is 0 Å². The van der Waals surface area contributed by atoms with E-state index >= 15 is 0 Å². The first-order valence-electron chi connectivity index (χ1n) is 7.54. The van der Waals surface area contributed by atoms with Gasteiger partial charge in [-0.15, -0.1) is 0 Å². The maximum atomic E-state index is 12.4. The van der Waals surface area contributed by atoms with Crippen LogP contribution in [0.1, 0.15) is 54.9 Å². The second-order valence-electron chi connectivity index (χ2n) is 5.70. The van der Waals surface area contributed by atoms with Crippen molar-refractivity contribution < 1.29 is 4.79 Å². The highest BCUT2D eigenvalue weighted by atomic mass is 16.1. The standard InChI is InChI=1S/C17H25NO/c1-3-7-16-10-4-5-11-18(16)13-17(19)15-9-6-8-14(2)12-15/h6,8-9,12,16H,3-5,7,10-11,13H2,1-2H3. The number of hydrogen-bond acceptors (Lipinski definition) is 2. The Kier molecular flexibility index (Phi) is 5.15. The van der Waals surface area contributed by atoms with Crippen molar-refractivity contribution >= 4 is 5.78 Å². The molecule has 0 saturated carbocycles. The zero-order chi connectivity index (χ0) is 13.7. The molecule has 0 aliphatic carbocycles. The summed E-state index contributed by atoms with van der Waals surface area (Å²) in [5.74, 6) is 0.270. The summed E-state index contributed by atoms with van der Waals surface area (Å²) < 4.78 is 0. The van der Waals surface area contributed by atoms with Crippen LogP contribution in [0.4, 0.5) is 0 Å². The number of piperidine rings is 1. The minimum Gasteiger partial charge on any atom is -0.293 e. The van der Waals surface area contributed by atoms with E-state index in [1.807, 2.05) is 31.2 Å². The number of carbonyl (C=O) groups excluding carboxylic acids is 1. The number of rotatable bonds is 5. The summed E-state index contributed by atoms with van der Waals surface area (Å²) in [6.45, 7) is 5.95. The average molecular weight is 259 g/mol. The molecule has 2 rings (SSSR count). The number of benzene rings is 1. The molecule has 1 atom stereocenters. The molecule has 0 amide bonds. The molecule has 2 nitrogen and oxygen atoms in total. The van der Waals surface area contributed by atoms with E-state index in [1.165, 1.54) is 32.1 Å². The molecule has 2 heteroatoms. The van der Waals surface area contributed by atoms with Crippen molar-refractivity contribution in [2.75, 3.05) is 13.1 Å². The van der Waals surface area contributed by atoms with Gasteiger partial charge in [-0.25, -0.2) is 0 Å². The van der Waals surface area contributed by atoms with Gasteiger partial charge in [-0.1, -0.05) is 43.5 Å². The van der Waals surface area contributed by atoms with E-state index in [0.29, 0.717) is 12.6 Å². The van der Waals surface area contributed by atoms with E-state index in [4.69, 9.17) is 0 Å². The van der Waals surface area contributed by atoms with Gasteiger partial charge in [0.2, 0.25) is 0 Å². The van der Waals surface area contributed by atoms with Gasteiger partial charge in [-0.05, 0) is 38.8 Å². The fraction of sp³-hybridized carbons (Fsp3) is 0.588. The van der Waals surface area contributed by atoms with Crippen LogP contribution in [0, 0.1) is 6.92 Å². The van der Waals surface area contributed by atoms with Gasteiger partial charge < -0.3 is 0 Å². The molecule has 1 heterocycles. The number of nitrogens with zero attached hydrogens (tertiary/aromatic N) is 1. The zero-order valence-corrected chi connectivity index (χ0v) is 12.2. The topological polar surface area (TPSA) is 20.3 Å². The molecule has 1 aliphatic heterocycles. The third-order valence-corrected chi connectivity index (χ3v) is 4.06. The Hall–Kier alpha value is -1.15. The Labute approximate surface area is 116 Å². The molecule has 1 aliphatic rings. The highest BCUT2D eigenvalue weighted by molar-refractivity contribution is 5.97. The normalized spacial score (nSPS) is 20.4. The molecular formula is C17H25NO. The van der Waals surface area contributed by atoms with Crippen LogP contribution in [0.15, 0.2) is 24.3 Å². The van der Waals surface area contributed by atoms with Gasteiger partial charge in [-0.3, -0.25) is 9.69 Å². The van der Waals surface area contributed by atoms with E-state index in [-0.39, 0.29) is 5.78 Å². The van der Waals surface area contributed by atoms with Crippen LogP contribution in [0.5, 0.6) is 0 Å². The van der Waals surface area contributed by atoms with E-state index in [2.05, 4.69) is 11.8 Å². The van der Waals surface area contributed by atoms with Crippen molar-refractivity contribution in [2.24, 2.45) is 0 Å². The highest BCUT2D eigenvalue weighted by Gasteiger charge is 2.23. The third kappa shape index (κ3) is 3.90. The largest absolute Gasteiger partial charge is 0.293 e. The second-order valence-corrected chi connectivity index (χ2v) is 5.70. The van der Waals surface area contributed by atoms with Gasteiger partial charge >= 0.3 is 0 Å². The number of likely N-dealkylation sites (tertiary alicyclic amines) is 1. The molecule has 1 aromatic carbocycles. The predicted octanol–water partition coefficient (Wildman–Crippen LogP) is 3.83. The second kappa shape index (κ2) is 6.85. The summed E-state index contributed by atoms with van der Waals surface area (Å²) in [6, 6.07) is 8.57. The van der Waals surface area contributed by atoms with Crippen LogP contribution >= 0.6 is 0 Å². The number of ketones is 1. The lowest BCUT2D eigenvalue weighted by atomic mass is 9.97. The minimum absolute atomic E-state index is 0.270. The predicted molar refractivity (Wildman–Crippen MR) is 79.6 cm³/mol. The summed E-state index contributed by atoms with van der Waals surface area (Å²) in [5, 5.41) is 0. The summed E-state index contributed by atoms with van der Waals surface area (Å²) in [5.41, 5.74) is 2.02. The van der Waals surface area contributed by atoms with Crippen molar-refractivity contribution in [3.63, 3.8) is 0 Å². The number of aryl methyl sites for hydroxylation is 1. The lowest BCUT2D eigenvalue weighted by molar-refractivity contribution is 0.0831. The molecule has 0 spiro atoms. The maximum absolute atomic E-state index is 12.4. The van der Waals surface area contributed by atoms with E-state index in [9.17, 15) is 4.79 Å². The Morgan fingerprint density at radius 1 is 1.37 bits per heavy atom. The van der Waals surface area contributed by atoms with Crippen molar-refractivity contribution in [1.82, 2.24) is 4.90 Å². The SMILES string of the molecule is CCCC1CCCCN1CC(=O)c1cccc(C)c1. The molecule has 19 heavy (non-hydrogen) atoms.